The summed E-state index contributed by atoms with van der Waals surface area (Å²) >= 11 is 0. The minimum atomic E-state index is -1.05. The van der Waals surface area contributed by atoms with E-state index in [0.29, 0.717) is 25.3 Å². The molecule has 0 aliphatic carbocycles. The van der Waals surface area contributed by atoms with E-state index in [2.05, 4.69) is 10.3 Å². The van der Waals surface area contributed by atoms with E-state index >= 15 is 0 Å². The number of hydrogen-bond donors (Lipinski definition) is 2. The summed E-state index contributed by atoms with van der Waals surface area (Å²) in [5.74, 6) is -0.331. The standard InChI is InChI=1S/C18H19N3O3/c22-17-9-4-10-21(17)12-14-6-2-1-5-13(14)11-19-16-8-3-7-15(20-16)18(23)24/h1-3,5-8H,4,9-12H2,(H,19,20)(H,23,24). The summed E-state index contributed by atoms with van der Waals surface area (Å²) in [7, 11) is 0. The van der Waals surface area contributed by atoms with Crippen molar-refractivity contribution < 1.29 is 14.7 Å². The molecule has 24 heavy (non-hydrogen) atoms. The summed E-state index contributed by atoms with van der Waals surface area (Å²) in [5.41, 5.74) is 2.17. The highest BCUT2D eigenvalue weighted by molar-refractivity contribution is 5.85. The average molecular weight is 325 g/mol. The topological polar surface area (TPSA) is 82.5 Å². The first kappa shape index (κ1) is 16.0. The van der Waals surface area contributed by atoms with Crippen LogP contribution in [0.25, 0.3) is 0 Å². The fraction of sp³-hybridized carbons (Fsp3) is 0.278. The van der Waals surface area contributed by atoms with Gasteiger partial charge in [0, 0.05) is 26.1 Å². The highest BCUT2D eigenvalue weighted by atomic mass is 16.4. The van der Waals surface area contributed by atoms with Crippen molar-refractivity contribution in [2.75, 3.05) is 11.9 Å². The first-order valence-corrected chi connectivity index (χ1v) is 7.92. The van der Waals surface area contributed by atoms with Gasteiger partial charge in [0.25, 0.3) is 0 Å². The Bertz CT molecular complexity index is 761. The van der Waals surface area contributed by atoms with Gasteiger partial charge in [-0.3, -0.25) is 4.79 Å². The zero-order valence-corrected chi connectivity index (χ0v) is 13.2. The number of likely N-dealkylation sites (tertiary alicyclic amines) is 1. The number of anilines is 1. The molecular weight excluding hydrogens is 306 g/mol. The highest BCUT2D eigenvalue weighted by Gasteiger charge is 2.20. The van der Waals surface area contributed by atoms with Gasteiger partial charge in [-0.1, -0.05) is 30.3 Å². The molecule has 2 heterocycles. The number of pyridine rings is 1. The van der Waals surface area contributed by atoms with Crippen LogP contribution < -0.4 is 5.32 Å². The van der Waals surface area contributed by atoms with Crippen molar-refractivity contribution in [3.63, 3.8) is 0 Å². The zero-order chi connectivity index (χ0) is 16.9. The van der Waals surface area contributed by atoms with Gasteiger partial charge in [0.1, 0.15) is 5.82 Å². The Morgan fingerprint density at radius 3 is 2.67 bits per heavy atom. The summed E-state index contributed by atoms with van der Waals surface area (Å²) in [6.07, 6.45) is 1.55. The van der Waals surface area contributed by atoms with E-state index in [1.807, 2.05) is 29.2 Å². The van der Waals surface area contributed by atoms with Crippen LogP contribution in [0.4, 0.5) is 5.82 Å². The Morgan fingerprint density at radius 1 is 1.17 bits per heavy atom. The number of rotatable bonds is 6. The van der Waals surface area contributed by atoms with Crippen molar-refractivity contribution in [2.45, 2.75) is 25.9 Å². The van der Waals surface area contributed by atoms with E-state index in [4.69, 9.17) is 5.11 Å². The molecule has 0 saturated carbocycles. The minimum absolute atomic E-state index is 0.0101. The fourth-order valence-electron chi connectivity index (χ4n) is 2.80. The van der Waals surface area contributed by atoms with Gasteiger partial charge >= 0.3 is 5.97 Å². The fourth-order valence-corrected chi connectivity index (χ4v) is 2.80. The largest absolute Gasteiger partial charge is 0.477 e. The number of nitrogens with one attached hydrogen (secondary N) is 1. The number of aromatic carboxylic acids is 1. The van der Waals surface area contributed by atoms with Gasteiger partial charge in [-0.15, -0.1) is 0 Å². The lowest BCUT2D eigenvalue weighted by Crippen LogP contribution is -2.24. The van der Waals surface area contributed by atoms with Crippen molar-refractivity contribution in [3.8, 4) is 0 Å². The number of carbonyl (C=O) groups is 2. The molecule has 0 bridgehead atoms. The Kier molecular flexibility index (Phi) is 4.74. The molecule has 2 aromatic rings. The maximum atomic E-state index is 11.8. The van der Waals surface area contributed by atoms with Gasteiger partial charge < -0.3 is 15.3 Å². The molecule has 2 N–H and O–H groups in total. The molecule has 0 atom stereocenters. The molecule has 124 valence electrons. The van der Waals surface area contributed by atoms with Gasteiger partial charge in [-0.2, -0.15) is 0 Å². The second-order valence-electron chi connectivity index (χ2n) is 5.75. The summed E-state index contributed by atoms with van der Waals surface area (Å²) in [4.78, 5) is 28.7. The number of amides is 1. The van der Waals surface area contributed by atoms with Crippen LogP contribution in [0.3, 0.4) is 0 Å². The number of benzene rings is 1. The van der Waals surface area contributed by atoms with E-state index in [1.165, 1.54) is 6.07 Å². The van der Waals surface area contributed by atoms with Crippen molar-refractivity contribution in [3.05, 3.63) is 59.3 Å². The third kappa shape index (κ3) is 3.71. The number of aromatic nitrogens is 1. The Balaban J connectivity index is 1.70. The van der Waals surface area contributed by atoms with Gasteiger partial charge in [0.05, 0.1) is 0 Å². The normalized spacial score (nSPS) is 14.0. The van der Waals surface area contributed by atoms with E-state index in [-0.39, 0.29) is 11.6 Å². The van der Waals surface area contributed by atoms with E-state index < -0.39 is 5.97 Å². The number of nitrogens with zero attached hydrogens (tertiary/aromatic N) is 2. The van der Waals surface area contributed by atoms with E-state index in [9.17, 15) is 9.59 Å². The van der Waals surface area contributed by atoms with Crippen molar-refractivity contribution in [1.82, 2.24) is 9.88 Å². The molecule has 0 unspecified atom stereocenters. The van der Waals surface area contributed by atoms with E-state index in [0.717, 1.165) is 24.1 Å². The first-order chi connectivity index (χ1) is 11.6. The molecule has 1 aromatic heterocycles. The highest BCUT2D eigenvalue weighted by Crippen LogP contribution is 2.18. The average Bonchev–Trinajstić information content (AvgIpc) is 2.99. The smallest absolute Gasteiger partial charge is 0.354 e. The van der Waals surface area contributed by atoms with Gasteiger partial charge in [-0.05, 0) is 29.7 Å². The monoisotopic (exact) mass is 325 g/mol. The third-order valence-corrected chi connectivity index (χ3v) is 4.08. The zero-order valence-electron chi connectivity index (χ0n) is 13.2. The molecule has 3 rings (SSSR count). The first-order valence-electron chi connectivity index (χ1n) is 7.92. The SMILES string of the molecule is O=C(O)c1cccc(NCc2ccccc2CN2CCCC2=O)n1. The molecule has 1 fully saturated rings. The molecule has 0 radical (unpaired) electrons. The minimum Gasteiger partial charge on any atom is -0.477 e. The lowest BCUT2D eigenvalue weighted by atomic mass is 10.1. The number of carboxylic acid groups (broad SMARTS) is 1. The molecule has 1 saturated heterocycles. The summed E-state index contributed by atoms with van der Waals surface area (Å²) in [5, 5.41) is 12.1. The van der Waals surface area contributed by atoms with Crippen LogP contribution >= 0.6 is 0 Å². The van der Waals surface area contributed by atoms with Crippen LogP contribution in [0.5, 0.6) is 0 Å². The Labute approximate surface area is 140 Å². The molecule has 6 nitrogen and oxygen atoms in total. The quantitative estimate of drug-likeness (QED) is 0.853. The molecule has 1 amide bonds. The molecule has 1 aliphatic rings. The van der Waals surface area contributed by atoms with Gasteiger partial charge in [-0.25, -0.2) is 9.78 Å². The Morgan fingerprint density at radius 2 is 1.96 bits per heavy atom. The lowest BCUT2D eigenvalue weighted by molar-refractivity contribution is -0.128. The third-order valence-electron chi connectivity index (χ3n) is 4.08. The van der Waals surface area contributed by atoms with Gasteiger partial charge in [0.2, 0.25) is 5.91 Å². The molecule has 0 spiro atoms. The predicted octanol–water partition coefficient (Wildman–Crippen LogP) is 2.51. The number of carbonyl (C=O) groups excluding carboxylic acids is 1. The van der Waals surface area contributed by atoms with Gasteiger partial charge in [0.15, 0.2) is 5.69 Å². The maximum absolute atomic E-state index is 11.8. The summed E-state index contributed by atoms with van der Waals surface area (Å²) in [6.45, 7) is 1.94. The summed E-state index contributed by atoms with van der Waals surface area (Å²) in [6, 6.07) is 12.8. The van der Waals surface area contributed by atoms with Crippen molar-refractivity contribution in [2.24, 2.45) is 0 Å². The second kappa shape index (κ2) is 7.12. The van der Waals surface area contributed by atoms with Crippen LogP contribution in [-0.2, 0) is 17.9 Å². The second-order valence-corrected chi connectivity index (χ2v) is 5.75. The van der Waals surface area contributed by atoms with E-state index in [1.54, 1.807) is 12.1 Å². The van der Waals surface area contributed by atoms with Crippen LogP contribution in [0.1, 0.15) is 34.5 Å². The number of carboxylic acids is 1. The van der Waals surface area contributed by atoms with Crippen molar-refractivity contribution >= 4 is 17.7 Å². The van der Waals surface area contributed by atoms with Crippen LogP contribution in [-0.4, -0.2) is 33.4 Å². The molecule has 1 aliphatic heterocycles. The molecule has 6 heteroatoms. The summed E-state index contributed by atoms with van der Waals surface area (Å²) < 4.78 is 0. The van der Waals surface area contributed by atoms with Crippen molar-refractivity contribution in [1.29, 1.82) is 0 Å². The lowest BCUT2D eigenvalue weighted by Gasteiger charge is -2.18. The predicted molar refractivity (Wildman–Crippen MR) is 89.6 cm³/mol. The maximum Gasteiger partial charge on any atom is 0.354 e. The molecule has 1 aromatic carbocycles. The van der Waals surface area contributed by atoms with Crippen LogP contribution in [0.15, 0.2) is 42.5 Å². The van der Waals surface area contributed by atoms with Crippen LogP contribution in [0.2, 0.25) is 0 Å². The molecular formula is C18H19N3O3. The van der Waals surface area contributed by atoms with Crippen LogP contribution in [0, 0.1) is 0 Å². The Hall–Kier alpha value is -2.89. The number of hydrogen-bond acceptors (Lipinski definition) is 4.